The van der Waals surface area contributed by atoms with E-state index in [1.165, 1.54) is 18.7 Å². The third-order valence-corrected chi connectivity index (χ3v) is 2.91. The molecular weight excluding hydrogens is 266 g/mol. The van der Waals surface area contributed by atoms with E-state index in [1.54, 1.807) is 18.0 Å². The monoisotopic (exact) mass is 289 g/mol. The Morgan fingerprint density at radius 1 is 1.42 bits per heavy atom. The molecule has 0 aromatic carbocycles. The SMILES string of the molecule is [3H]NC(=O)[C@H](CC(C)=O)NC(=O)[C@H](CSC)NC=CC. The molecule has 0 aromatic heterocycles. The normalized spacial score (nSPS) is 14.4. The summed E-state index contributed by atoms with van der Waals surface area (Å²) in [4.78, 5) is 34.7. The van der Waals surface area contributed by atoms with Crippen molar-refractivity contribution in [1.29, 1.82) is 0 Å². The molecule has 0 saturated heterocycles. The minimum Gasteiger partial charge on any atom is -0.379 e. The van der Waals surface area contributed by atoms with Gasteiger partial charge >= 0.3 is 0 Å². The Kier molecular flexibility index (Phi) is 7.72. The largest absolute Gasteiger partial charge is 0.379 e. The summed E-state index contributed by atoms with van der Waals surface area (Å²) in [6.07, 6.45) is 5.13. The quantitative estimate of drug-likeness (QED) is 0.545. The molecule has 0 rings (SSSR count). The van der Waals surface area contributed by atoms with Crippen LogP contribution >= 0.6 is 11.8 Å². The number of amides is 2. The molecular formula is C12H21N3O3S. The molecule has 7 heteroatoms. The fourth-order valence-electron chi connectivity index (χ4n) is 1.35. The zero-order valence-corrected chi connectivity index (χ0v) is 12.2. The van der Waals surface area contributed by atoms with Crippen molar-refractivity contribution in [2.75, 3.05) is 12.0 Å². The average molecular weight is 289 g/mol. The lowest BCUT2D eigenvalue weighted by atomic mass is 10.1. The van der Waals surface area contributed by atoms with Gasteiger partial charge in [-0.25, -0.2) is 0 Å². The van der Waals surface area contributed by atoms with Gasteiger partial charge in [-0.3, -0.25) is 14.4 Å². The standard InChI is InChI=1S/C12H21N3O3S/c1-4-5-14-10(7-19-3)12(18)15-9(11(13)17)6-8(2)16/h4-5,9-10,14H,6-7H2,1-3H3,(H2,13,17)(H,15,18)/t9-,10-/m0/s1/i/hT. The third kappa shape index (κ3) is 7.50. The Hall–Kier alpha value is -1.50. The third-order valence-electron chi connectivity index (χ3n) is 2.24. The van der Waals surface area contributed by atoms with Crippen LogP contribution in [-0.2, 0) is 14.4 Å². The second-order valence-corrected chi connectivity index (χ2v) is 4.92. The summed E-state index contributed by atoms with van der Waals surface area (Å²) in [5.74, 6) is -0.803. The number of hydrogen-bond acceptors (Lipinski definition) is 5. The molecule has 0 bridgehead atoms. The topological polar surface area (TPSA) is 101 Å². The molecule has 0 spiro atoms. The van der Waals surface area contributed by atoms with Gasteiger partial charge < -0.3 is 16.4 Å². The molecule has 0 aliphatic carbocycles. The van der Waals surface area contributed by atoms with Gasteiger partial charge in [0.15, 0.2) is 1.41 Å². The van der Waals surface area contributed by atoms with Gasteiger partial charge in [-0.15, -0.1) is 0 Å². The number of carbonyl (C=O) groups excluding carboxylic acids is 3. The molecule has 0 heterocycles. The van der Waals surface area contributed by atoms with Gasteiger partial charge in [0.05, 0.1) is 0 Å². The summed E-state index contributed by atoms with van der Waals surface area (Å²) in [6.45, 7) is 3.14. The minimum atomic E-state index is -1.02. The number of nitrogens with one attached hydrogen (secondary N) is 2. The average Bonchev–Trinajstić information content (AvgIpc) is 2.41. The molecule has 2 amide bonds. The molecule has 0 aromatic rings. The van der Waals surface area contributed by atoms with Crippen molar-refractivity contribution in [3.63, 3.8) is 0 Å². The van der Waals surface area contributed by atoms with E-state index < -0.39 is 18.0 Å². The summed E-state index contributed by atoms with van der Waals surface area (Å²) in [6, 6.07) is -1.52. The Labute approximate surface area is 119 Å². The van der Waals surface area contributed by atoms with Gasteiger partial charge in [-0.2, -0.15) is 11.8 Å². The second-order valence-electron chi connectivity index (χ2n) is 4.01. The number of rotatable bonds is 9. The highest BCUT2D eigenvalue weighted by Crippen LogP contribution is 2.00. The van der Waals surface area contributed by atoms with Crippen molar-refractivity contribution in [3.05, 3.63) is 12.3 Å². The molecule has 0 aliphatic rings. The molecule has 0 saturated carbocycles. The number of carbonyl (C=O) groups is 3. The predicted molar refractivity (Wildman–Crippen MR) is 76.5 cm³/mol. The van der Waals surface area contributed by atoms with Crippen molar-refractivity contribution < 1.29 is 15.8 Å². The van der Waals surface area contributed by atoms with Gasteiger partial charge in [-0.05, 0) is 26.3 Å². The second kappa shape index (κ2) is 9.43. The first kappa shape index (κ1) is 15.6. The van der Waals surface area contributed by atoms with E-state index in [4.69, 9.17) is 1.41 Å². The Bertz CT molecular complexity index is 377. The van der Waals surface area contributed by atoms with Crippen LogP contribution in [-0.4, -0.2) is 41.7 Å². The number of primary amides is 1. The van der Waals surface area contributed by atoms with Gasteiger partial charge in [0.2, 0.25) is 11.8 Å². The molecule has 0 fully saturated rings. The zero-order valence-electron chi connectivity index (χ0n) is 12.4. The number of allylic oxidation sites excluding steroid dienone is 1. The summed E-state index contributed by atoms with van der Waals surface area (Å²) < 4.78 is 6.83. The van der Waals surface area contributed by atoms with Crippen molar-refractivity contribution in [2.45, 2.75) is 32.4 Å². The lowest BCUT2D eigenvalue weighted by Gasteiger charge is -2.20. The fourth-order valence-corrected chi connectivity index (χ4v) is 1.93. The van der Waals surface area contributed by atoms with Crippen LogP contribution in [0.5, 0.6) is 0 Å². The van der Waals surface area contributed by atoms with Gasteiger partial charge in [0.25, 0.3) is 0 Å². The number of thioether (sulfide) groups is 1. The lowest BCUT2D eigenvalue weighted by Crippen LogP contribution is -2.52. The van der Waals surface area contributed by atoms with Crippen molar-refractivity contribution in [3.8, 4) is 0 Å². The van der Waals surface area contributed by atoms with Crippen LogP contribution in [0.2, 0.25) is 1.41 Å². The van der Waals surface area contributed by atoms with Gasteiger partial charge in [0, 0.05) is 12.2 Å². The van der Waals surface area contributed by atoms with Crippen LogP contribution in [0.25, 0.3) is 0 Å². The first-order valence-corrected chi connectivity index (χ1v) is 7.23. The van der Waals surface area contributed by atoms with E-state index in [-0.39, 0.29) is 18.1 Å². The van der Waals surface area contributed by atoms with Crippen LogP contribution in [0.3, 0.4) is 0 Å². The first-order valence-electron chi connectivity index (χ1n) is 6.33. The van der Waals surface area contributed by atoms with Gasteiger partial charge in [-0.1, -0.05) is 6.08 Å². The van der Waals surface area contributed by atoms with Crippen molar-refractivity contribution in [1.82, 2.24) is 10.6 Å². The maximum Gasteiger partial charge on any atom is 0.243 e. The van der Waals surface area contributed by atoms with Crippen molar-refractivity contribution >= 4 is 29.4 Å². The molecule has 0 unspecified atom stereocenters. The lowest BCUT2D eigenvalue weighted by molar-refractivity contribution is -0.129. The van der Waals surface area contributed by atoms with E-state index in [1.807, 2.05) is 13.2 Å². The number of ketones is 1. The Morgan fingerprint density at radius 3 is 2.58 bits per heavy atom. The molecule has 108 valence electrons. The molecule has 0 radical (unpaired) electrons. The Morgan fingerprint density at radius 2 is 2.11 bits per heavy atom. The van der Waals surface area contributed by atoms with Crippen LogP contribution in [0.1, 0.15) is 20.3 Å². The van der Waals surface area contributed by atoms with E-state index in [0.29, 0.717) is 5.75 Å². The van der Waals surface area contributed by atoms with E-state index >= 15 is 0 Å². The van der Waals surface area contributed by atoms with Crippen LogP contribution in [0, 0.1) is 0 Å². The molecule has 0 aliphatic heterocycles. The van der Waals surface area contributed by atoms with E-state index in [9.17, 15) is 14.4 Å². The summed E-state index contributed by atoms with van der Waals surface area (Å²) in [5, 5.41) is 5.40. The fraction of sp³-hybridized carbons (Fsp3) is 0.583. The smallest absolute Gasteiger partial charge is 0.243 e. The summed E-state index contributed by atoms with van der Waals surface area (Å²) in [5.41, 5.74) is 1.69. The highest BCUT2D eigenvalue weighted by molar-refractivity contribution is 7.98. The van der Waals surface area contributed by atoms with Crippen molar-refractivity contribution in [2.24, 2.45) is 5.73 Å². The number of hydrogen-bond donors (Lipinski definition) is 3. The highest BCUT2D eigenvalue weighted by Gasteiger charge is 2.24. The maximum absolute atomic E-state index is 12.1. The number of Topliss-reactive ketones (excluding diaryl/α,β-unsaturated/α-hetero) is 1. The maximum atomic E-state index is 12.1. The predicted octanol–water partition coefficient (Wildman–Crippen LogP) is -0.210. The van der Waals surface area contributed by atoms with E-state index in [2.05, 4.69) is 10.6 Å². The van der Waals surface area contributed by atoms with Gasteiger partial charge in [0.1, 0.15) is 17.9 Å². The summed E-state index contributed by atoms with van der Waals surface area (Å²) >= 11 is 1.48. The van der Waals surface area contributed by atoms with Crippen LogP contribution in [0.15, 0.2) is 12.3 Å². The first-order chi connectivity index (χ1) is 9.46. The summed E-state index contributed by atoms with van der Waals surface area (Å²) in [7, 11) is 0. The molecule has 4 N–H and O–H groups in total. The number of nitrogens with two attached hydrogens (primary N) is 1. The molecule has 6 nitrogen and oxygen atoms in total. The van der Waals surface area contributed by atoms with E-state index in [0.717, 1.165) is 0 Å². The van der Waals surface area contributed by atoms with Crippen LogP contribution in [0.4, 0.5) is 0 Å². The zero-order chi connectivity index (χ0) is 15.5. The minimum absolute atomic E-state index is 0.133. The Balaban J connectivity index is 4.75. The molecule has 19 heavy (non-hydrogen) atoms. The molecule has 2 atom stereocenters. The highest BCUT2D eigenvalue weighted by atomic mass is 32.2. The van der Waals surface area contributed by atoms with Crippen LogP contribution < -0.4 is 16.4 Å².